The first kappa shape index (κ1) is 16.1. The maximum absolute atomic E-state index is 9.26. The van der Waals surface area contributed by atoms with Crippen molar-refractivity contribution in [3.63, 3.8) is 0 Å². The van der Waals surface area contributed by atoms with Crippen molar-refractivity contribution < 1.29 is 5.21 Å². The van der Waals surface area contributed by atoms with Crippen molar-refractivity contribution >= 4 is 22.7 Å². The van der Waals surface area contributed by atoms with E-state index >= 15 is 0 Å². The Bertz CT molecular complexity index is 872. The van der Waals surface area contributed by atoms with Crippen LogP contribution in [0.25, 0.3) is 21.8 Å². The van der Waals surface area contributed by atoms with Gasteiger partial charge in [-0.2, -0.15) is 0 Å². The molecule has 0 saturated carbocycles. The highest BCUT2D eigenvalue weighted by Gasteiger charge is 2.19. The summed E-state index contributed by atoms with van der Waals surface area (Å²) in [6, 6.07) is 11.9. The monoisotopic (exact) mass is 338 g/mol. The van der Waals surface area contributed by atoms with Gasteiger partial charge < -0.3 is 10.1 Å². The minimum absolute atomic E-state index is 0.552. The summed E-state index contributed by atoms with van der Waals surface area (Å²) in [6.45, 7) is 1.78. The first-order chi connectivity index (χ1) is 11.6. The van der Waals surface area contributed by atoms with Gasteiger partial charge in [0.25, 0.3) is 0 Å². The second-order valence-corrected chi connectivity index (χ2v) is 6.53. The lowest BCUT2D eigenvalue weighted by Gasteiger charge is -2.16. The molecule has 0 fully saturated rings. The molecule has 0 bridgehead atoms. The third-order valence-electron chi connectivity index (χ3n) is 3.67. The van der Waals surface area contributed by atoms with Gasteiger partial charge in [0.05, 0.1) is 16.3 Å². The van der Waals surface area contributed by atoms with Gasteiger partial charge in [-0.05, 0) is 25.1 Å². The van der Waals surface area contributed by atoms with Crippen LogP contribution in [0.15, 0.2) is 53.9 Å². The molecule has 0 atom stereocenters. The Morgan fingerprint density at radius 1 is 1.12 bits per heavy atom. The summed E-state index contributed by atoms with van der Waals surface area (Å²) in [6.07, 6.45) is 3.49. The summed E-state index contributed by atoms with van der Waals surface area (Å²) in [5.41, 5.74) is 4.45. The molecule has 6 heteroatoms. The topological polar surface area (TPSA) is 61.6 Å². The Labute approximate surface area is 144 Å². The SMILES string of the molecule is C/C(=N\O)c1sc(-c2ccncc2)nc1-c1ccccc1N(C)C. The molecule has 24 heavy (non-hydrogen) atoms. The second kappa shape index (κ2) is 6.80. The molecule has 0 aliphatic heterocycles. The van der Waals surface area contributed by atoms with Gasteiger partial charge >= 0.3 is 0 Å². The lowest BCUT2D eigenvalue weighted by molar-refractivity contribution is 0.319. The third kappa shape index (κ3) is 3.00. The summed E-state index contributed by atoms with van der Waals surface area (Å²) in [5, 5.41) is 13.5. The molecule has 1 N–H and O–H groups in total. The Morgan fingerprint density at radius 3 is 2.50 bits per heavy atom. The number of nitrogens with zero attached hydrogens (tertiary/aromatic N) is 4. The van der Waals surface area contributed by atoms with Crippen LogP contribution in [-0.4, -0.2) is 35.0 Å². The van der Waals surface area contributed by atoms with Crippen molar-refractivity contribution in [3.8, 4) is 21.8 Å². The summed E-state index contributed by atoms with van der Waals surface area (Å²) in [4.78, 5) is 11.8. The van der Waals surface area contributed by atoms with Gasteiger partial charge in [0.15, 0.2) is 0 Å². The summed E-state index contributed by atoms with van der Waals surface area (Å²) < 4.78 is 0. The fourth-order valence-corrected chi connectivity index (χ4v) is 3.50. The first-order valence-electron chi connectivity index (χ1n) is 7.48. The van der Waals surface area contributed by atoms with E-state index in [1.807, 2.05) is 44.4 Å². The van der Waals surface area contributed by atoms with E-state index in [-0.39, 0.29) is 0 Å². The number of benzene rings is 1. The highest BCUT2D eigenvalue weighted by Crippen LogP contribution is 2.37. The van der Waals surface area contributed by atoms with E-state index in [1.165, 1.54) is 11.3 Å². The van der Waals surface area contributed by atoms with Gasteiger partial charge in [-0.3, -0.25) is 4.98 Å². The number of anilines is 1. The Balaban J connectivity index is 2.23. The van der Waals surface area contributed by atoms with Crippen LogP contribution in [0.1, 0.15) is 11.8 Å². The van der Waals surface area contributed by atoms with Gasteiger partial charge in [-0.15, -0.1) is 11.3 Å². The molecule has 0 unspecified atom stereocenters. The van der Waals surface area contributed by atoms with Crippen molar-refractivity contribution in [2.45, 2.75) is 6.92 Å². The number of oxime groups is 1. The average molecular weight is 338 g/mol. The molecule has 1 aromatic carbocycles. The van der Waals surface area contributed by atoms with Gasteiger partial charge in [0.1, 0.15) is 5.01 Å². The molecule has 0 saturated heterocycles. The second-order valence-electron chi connectivity index (χ2n) is 5.53. The molecular weight excluding hydrogens is 320 g/mol. The van der Waals surface area contributed by atoms with Crippen LogP contribution in [0.4, 0.5) is 5.69 Å². The van der Waals surface area contributed by atoms with Crippen LogP contribution >= 0.6 is 11.3 Å². The smallest absolute Gasteiger partial charge is 0.124 e. The van der Waals surface area contributed by atoms with Gasteiger partial charge in [0.2, 0.25) is 0 Å². The van der Waals surface area contributed by atoms with Crippen molar-refractivity contribution in [2.24, 2.45) is 5.16 Å². The molecule has 5 nitrogen and oxygen atoms in total. The lowest BCUT2D eigenvalue weighted by atomic mass is 10.1. The number of thiazole rings is 1. The average Bonchev–Trinajstić information content (AvgIpc) is 3.07. The van der Waals surface area contributed by atoms with Gasteiger partial charge in [-0.25, -0.2) is 4.98 Å². The molecule has 3 rings (SSSR count). The number of rotatable bonds is 4. The number of pyridine rings is 1. The standard InChI is InChI=1S/C18H18N4OS/c1-12(21-23)17-16(14-6-4-5-7-15(14)22(2)3)20-18(24-17)13-8-10-19-11-9-13/h4-11,23H,1-3H3/b21-12+. The van der Waals surface area contributed by atoms with Crippen molar-refractivity contribution in [2.75, 3.05) is 19.0 Å². The van der Waals surface area contributed by atoms with E-state index in [1.54, 1.807) is 19.3 Å². The predicted octanol–water partition coefficient (Wildman–Crippen LogP) is 4.14. The fourth-order valence-electron chi connectivity index (χ4n) is 2.48. The largest absolute Gasteiger partial charge is 0.411 e. The number of hydrogen-bond donors (Lipinski definition) is 1. The Kier molecular flexibility index (Phi) is 4.57. The van der Waals surface area contributed by atoms with Crippen LogP contribution < -0.4 is 4.90 Å². The zero-order chi connectivity index (χ0) is 17.1. The predicted molar refractivity (Wildman–Crippen MR) is 99.1 cm³/mol. The van der Waals surface area contributed by atoms with Crippen molar-refractivity contribution in [1.82, 2.24) is 9.97 Å². The number of hydrogen-bond acceptors (Lipinski definition) is 6. The first-order valence-corrected chi connectivity index (χ1v) is 8.30. The zero-order valence-electron chi connectivity index (χ0n) is 13.8. The highest BCUT2D eigenvalue weighted by atomic mass is 32.1. The van der Waals surface area contributed by atoms with E-state index in [4.69, 9.17) is 4.98 Å². The molecule has 0 spiro atoms. The minimum Gasteiger partial charge on any atom is -0.411 e. The van der Waals surface area contributed by atoms with Crippen LogP contribution in [0.2, 0.25) is 0 Å². The minimum atomic E-state index is 0.552. The molecule has 0 amide bonds. The molecule has 122 valence electrons. The van der Waals surface area contributed by atoms with Gasteiger partial charge in [-0.1, -0.05) is 23.4 Å². The van der Waals surface area contributed by atoms with Crippen LogP contribution in [0, 0.1) is 0 Å². The molecule has 0 aliphatic rings. The summed E-state index contributed by atoms with van der Waals surface area (Å²) in [5.74, 6) is 0. The molecule has 0 aliphatic carbocycles. The molecule has 0 radical (unpaired) electrons. The third-order valence-corrected chi connectivity index (χ3v) is 4.89. The Morgan fingerprint density at radius 2 is 1.83 bits per heavy atom. The van der Waals surface area contributed by atoms with Crippen molar-refractivity contribution in [1.29, 1.82) is 0 Å². The van der Waals surface area contributed by atoms with Crippen LogP contribution in [0.3, 0.4) is 0 Å². The van der Waals surface area contributed by atoms with E-state index in [2.05, 4.69) is 21.1 Å². The molecular formula is C18H18N4OS. The normalized spacial score (nSPS) is 11.5. The lowest BCUT2D eigenvalue weighted by Crippen LogP contribution is -2.10. The number of aromatic nitrogens is 2. The summed E-state index contributed by atoms with van der Waals surface area (Å²) in [7, 11) is 4.00. The molecule has 3 aromatic rings. The molecule has 2 heterocycles. The quantitative estimate of drug-likeness (QED) is 0.441. The molecule has 2 aromatic heterocycles. The van der Waals surface area contributed by atoms with E-state index in [0.29, 0.717) is 5.71 Å². The summed E-state index contributed by atoms with van der Waals surface area (Å²) >= 11 is 1.51. The fraction of sp³-hybridized carbons (Fsp3) is 0.167. The van der Waals surface area contributed by atoms with E-state index in [9.17, 15) is 5.21 Å². The maximum Gasteiger partial charge on any atom is 0.124 e. The Hall–Kier alpha value is -2.73. The van der Waals surface area contributed by atoms with Crippen molar-refractivity contribution in [3.05, 3.63) is 53.7 Å². The van der Waals surface area contributed by atoms with Crippen LogP contribution in [-0.2, 0) is 0 Å². The van der Waals surface area contributed by atoms with E-state index < -0.39 is 0 Å². The maximum atomic E-state index is 9.26. The van der Waals surface area contributed by atoms with Crippen LogP contribution in [0.5, 0.6) is 0 Å². The van der Waals surface area contributed by atoms with Gasteiger partial charge in [0, 0.05) is 43.3 Å². The zero-order valence-corrected chi connectivity index (χ0v) is 14.6. The highest BCUT2D eigenvalue weighted by molar-refractivity contribution is 7.17. The number of para-hydroxylation sites is 1. The van der Waals surface area contributed by atoms with E-state index in [0.717, 1.165) is 32.4 Å².